The largest absolute Gasteiger partial charge is 0.450 e. The summed E-state index contributed by atoms with van der Waals surface area (Å²) in [5, 5.41) is 0. The van der Waals surface area contributed by atoms with Gasteiger partial charge in [0.1, 0.15) is 0 Å². The molecule has 0 bridgehead atoms. The van der Waals surface area contributed by atoms with E-state index in [1.54, 1.807) is 16.7 Å². The van der Waals surface area contributed by atoms with Crippen LogP contribution in [0.2, 0.25) is 0 Å². The van der Waals surface area contributed by atoms with Crippen LogP contribution in [0.3, 0.4) is 0 Å². The molecular weight excluding hydrogens is 398 g/mol. The summed E-state index contributed by atoms with van der Waals surface area (Å²) in [6, 6.07) is 18.4. The molecule has 7 heteroatoms. The van der Waals surface area contributed by atoms with Crippen molar-refractivity contribution in [2.45, 2.75) is 17.9 Å². The lowest BCUT2D eigenvalue weighted by molar-refractivity contribution is -0.120. The Morgan fingerprint density at radius 2 is 1.70 bits per heavy atom. The topological polar surface area (TPSA) is 53.1 Å². The van der Waals surface area contributed by atoms with Crippen molar-refractivity contribution in [2.75, 3.05) is 50.0 Å². The van der Waals surface area contributed by atoms with Gasteiger partial charge in [0.2, 0.25) is 5.91 Å². The average Bonchev–Trinajstić information content (AvgIpc) is 2.79. The van der Waals surface area contributed by atoms with Crippen LogP contribution in [0.25, 0.3) is 0 Å². The highest BCUT2D eigenvalue weighted by atomic mass is 32.2. The van der Waals surface area contributed by atoms with Crippen molar-refractivity contribution in [3.05, 3.63) is 60.2 Å². The van der Waals surface area contributed by atoms with Gasteiger partial charge in [-0.3, -0.25) is 9.69 Å². The van der Waals surface area contributed by atoms with Gasteiger partial charge in [0.05, 0.1) is 24.9 Å². The van der Waals surface area contributed by atoms with Crippen molar-refractivity contribution in [2.24, 2.45) is 0 Å². The van der Waals surface area contributed by atoms with Crippen LogP contribution in [0.15, 0.2) is 59.5 Å². The Labute approximate surface area is 181 Å². The summed E-state index contributed by atoms with van der Waals surface area (Å²) in [4.78, 5) is 32.4. The number of carbonyl (C=O) groups is 2. The molecule has 0 spiro atoms. The maximum absolute atomic E-state index is 13.5. The molecule has 2 aromatic carbocycles. The van der Waals surface area contributed by atoms with Crippen molar-refractivity contribution in [1.82, 2.24) is 9.80 Å². The molecule has 30 heavy (non-hydrogen) atoms. The maximum atomic E-state index is 13.5. The molecule has 1 atom stereocenters. The number of para-hydroxylation sites is 1. The molecule has 0 N–H and O–H groups in total. The summed E-state index contributed by atoms with van der Waals surface area (Å²) in [5.74, 6) is 0.935. The number of hydrogen-bond acceptors (Lipinski definition) is 5. The summed E-state index contributed by atoms with van der Waals surface area (Å²) in [6.45, 7) is 5.05. The number of rotatable bonds is 4. The standard InChI is InChI=1S/C23H27N3O3S/c1-2-29-23(28)25-14-12-24(13-15-25)16-22(27)26-19-10-6-7-11-21(19)30-17-20(26)18-8-4-3-5-9-18/h3-11,20H,2,12-17H2,1H3. The predicted octanol–water partition coefficient (Wildman–Crippen LogP) is 3.64. The molecule has 4 rings (SSSR count). The first kappa shape index (κ1) is 20.8. The molecule has 0 aliphatic carbocycles. The van der Waals surface area contributed by atoms with Gasteiger partial charge in [-0.2, -0.15) is 0 Å². The number of benzene rings is 2. The second kappa shape index (κ2) is 9.53. The number of amides is 2. The molecule has 1 fully saturated rings. The van der Waals surface area contributed by atoms with Gasteiger partial charge in [-0.05, 0) is 24.6 Å². The highest BCUT2D eigenvalue weighted by molar-refractivity contribution is 7.99. The fraction of sp³-hybridized carbons (Fsp3) is 0.391. The first-order valence-electron chi connectivity index (χ1n) is 10.4. The van der Waals surface area contributed by atoms with Crippen molar-refractivity contribution in [3.63, 3.8) is 0 Å². The lowest BCUT2D eigenvalue weighted by Crippen LogP contribution is -2.52. The van der Waals surface area contributed by atoms with Crippen LogP contribution in [0, 0.1) is 0 Å². The number of nitrogens with zero attached hydrogens (tertiary/aromatic N) is 3. The van der Waals surface area contributed by atoms with Crippen LogP contribution in [0.4, 0.5) is 10.5 Å². The van der Waals surface area contributed by atoms with E-state index >= 15 is 0 Å². The number of piperazine rings is 1. The molecule has 1 saturated heterocycles. The number of ether oxygens (including phenoxy) is 1. The Hall–Kier alpha value is -2.51. The average molecular weight is 426 g/mol. The van der Waals surface area contributed by atoms with E-state index in [0.29, 0.717) is 39.3 Å². The number of carbonyl (C=O) groups excluding carboxylic acids is 2. The van der Waals surface area contributed by atoms with E-state index in [9.17, 15) is 9.59 Å². The van der Waals surface area contributed by atoms with Gasteiger partial charge in [0.15, 0.2) is 0 Å². The molecular formula is C23H27N3O3S. The minimum Gasteiger partial charge on any atom is -0.450 e. The fourth-order valence-electron chi connectivity index (χ4n) is 3.99. The number of hydrogen-bond donors (Lipinski definition) is 0. The van der Waals surface area contributed by atoms with Gasteiger partial charge in [0.25, 0.3) is 0 Å². The van der Waals surface area contributed by atoms with Crippen LogP contribution >= 0.6 is 11.8 Å². The molecule has 2 aliphatic rings. The van der Waals surface area contributed by atoms with E-state index in [4.69, 9.17) is 4.74 Å². The smallest absolute Gasteiger partial charge is 0.409 e. The van der Waals surface area contributed by atoms with Crippen LogP contribution in [-0.2, 0) is 9.53 Å². The monoisotopic (exact) mass is 425 g/mol. The van der Waals surface area contributed by atoms with E-state index in [1.807, 2.05) is 48.2 Å². The molecule has 0 saturated carbocycles. The van der Waals surface area contributed by atoms with E-state index in [1.165, 1.54) is 0 Å². The van der Waals surface area contributed by atoms with Crippen LogP contribution in [0.1, 0.15) is 18.5 Å². The Morgan fingerprint density at radius 3 is 2.43 bits per heavy atom. The zero-order valence-corrected chi connectivity index (χ0v) is 18.0. The SMILES string of the molecule is CCOC(=O)N1CCN(CC(=O)N2c3ccccc3SCC2c2ccccc2)CC1. The molecule has 0 radical (unpaired) electrons. The highest BCUT2D eigenvalue weighted by Crippen LogP contribution is 2.43. The lowest BCUT2D eigenvalue weighted by Gasteiger charge is -2.39. The van der Waals surface area contributed by atoms with Crippen LogP contribution in [0.5, 0.6) is 0 Å². The van der Waals surface area contributed by atoms with Gasteiger partial charge in [-0.15, -0.1) is 11.8 Å². The van der Waals surface area contributed by atoms with E-state index in [-0.39, 0.29) is 18.0 Å². The summed E-state index contributed by atoms with van der Waals surface area (Å²) < 4.78 is 5.09. The van der Waals surface area contributed by atoms with Crippen molar-refractivity contribution in [3.8, 4) is 0 Å². The first-order chi connectivity index (χ1) is 14.7. The predicted molar refractivity (Wildman–Crippen MR) is 119 cm³/mol. The van der Waals surface area contributed by atoms with Gasteiger partial charge in [0, 0.05) is 36.8 Å². The summed E-state index contributed by atoms with van der Waals surface area (Å²) in [6.07, 6.45) is -0.269. The summed E-state index contributed by atoms with van der Waals surface area (Å²) >= 11 is 1.80. The van der Waals surface area contributed by atoms with Crippen LogP contribution < -0.4 is 4.90 Å². The third-order valence-electron chi connectivity index (χ3n) is 5.54. The Morgan fingerprint density at radius 1 is 1.00 bits per heavy atom. The van der Waals surface area contributed by atoms with Gasteiger partial charge in [-0.25, -0.2) is 4.79 Å². The fourth-order valence-corrected chi connectivity index (χ4v) is 5.16. The van der Waals surface area contributed by atoms with Gasteiger partial charge < -0.3 is 14.5 Å². The van der Waals surface area contributed by atoms with Gasteiger partial charge >= 0.3 is 6.09 Å². The first-order valence-corrected chi connectivity index (χ1v) is 11.4. The Kier molecular flexibility index (Phi) is 6.59. The molecule has 2 amide bonds. The highest BCUT2D eigenvalue weighted by Gasteiger charge is 2.33. The summed E-state index contributed by atoms with van der Waals surface area (Å²) in [5.41, 5.74) is 2.14. The zero-order valence-electron chi connectivity index (χ0n) is 17.2. The normalized spacial score (nSPS) is 19.3. The molecule has 158 valence electrons. The number of anilines is 1. The maximum Gasteiger partial charge on any atom is 0.409 e. The Bertz CT molecular complexity index is 884. The second-order valence-corrected chi connectivity index (χ2v) is 8.49. The van der Waals surface area contributed by atoms with Crippen molar-refractivity contribution in [1.29, 1.82) is 0 Å². The molecule has 2 heterocycles. The van der Waals surface area contributed by atoms with Gasteiger partial charge in [-0.1, -0.05) is 42.5 Å². The van der Waals surface area contributed by atoms with Crippen molar-refractivity contribution < 1.29 is 14.3 Å². The molecule has 2 aromatic rings. The van der Waals surface area contributed by atoms with Crippen LogP contribution in [-0.4, -0.2) is 66.9 Å². The molecule has 1 unspecified atom stereocenters. The summed E-state index contributed by atoms with van der Waals surface area (Å²) in [7, 11) is 0. The minimum atomic E-state index is -0.269. The molecule has 0 aromatic heterocycles. The Balaban J connectivity index is 1.49. The molecule has 2 aliphatic heterocycles. The zero-order chi connectivity index (χ0) is 20.9. The minimum absolute atomic E-state index is 0.0134. The van der Waals surface area contributed by atoms with E-state index in [0.717, 1.165) is 21.9 Å². The van der Waals surface area contributed by atoms with E-state index in [2.05, 4.69) is 23.1 Å². The third kappa shape index (κ3) is 4.47. The molecule has 6 nitrogen and oxygen atoms in total. The quantitative estimate of drug-likeness (QED) is 0.749. The second-order valence-electron chi connectivity index (χ2n) is 7.43. The van der Waals surface area contributed by atoms with Crippen molar-refractivity contribution >= 4 is 29.4 Å². The number of thioether (sulfide) groups is 1. The number of fused-ring (bicyclic) bond motifs is 1. The van der Waals surface area contributed by atoms with E-state index < -0.39 is 0 Å². The third-order valence-corrected chi connectivity index (χ3v) is 6.68. The lowest BCUT2D eigenvalue weighted by atomic mass is 10.1.